The van der Waals surface area contributed by atoms with Gasteiger partial charge < -0.3 is 4.42 Å². The average molecular weight is 461 g/mol. The Bertz CT molecular complexity index is 1530. The van der Waals surface area contributed by atoms with E-state index in [-0.39, 0.29) is 5.41 Å². The summed E-state index contributed by atoms with van der Waals surface area (Å²) in [5.41, 5.74) is 9.73. The first-order valence-corrected chi connectivity index (χ1v) is 12.8. The molecule has 6 rings (SSSR count). The van der Waals surface area contributed by atoms with Crippen molar-refractivity contribution in [3.05, 3.63) is 83.6 Å². The smallest absolute Gasteiger partial charge is 0.227 e. The monoisotopic (exact) mass is 460 g/mol. The Morgan fingerprint density at radius 2 is 1.57 bits per heavy atom. The molecule has 3 heteroatoms. The summed E-state index contributed by atoms with van der Waals surface area (Å²) in [6, 6.07) is 21.5. The Balaban J connectivity index is 1.40. The normalized spacial score (nSPS) is 14.9. The van der Waals surface area contributed by atoms with Gasteiger partial charge in [-0.15, -0.1) is 0 Å². The molecule has 3 aromatic heterocycles. The highest BCUT2D eigenvalue weighted by Crippen LogP contribution is 2.42. The molecule has 35 heavy (non-hydrogen) atoms. The van der Waals surface area contributed by atoms with Crippen LogP contribution in [0.2, 0.25) is 0 Å². The van der Waals surface area contributed by atoms with Crippen molar-refractivity contribution in [1.29, 1.82) is 0 Å². The molecule has 0 atom stereocenters. The number of furan rings is 1. The highest BCUT2D eigenvalue weighted by atomic mass is 16.3. The zero-order valence-electron chi connectivity index (χ0n) is 21.1. The molecule has 1 fully saturated rings. The SMILES string of the molecule is Cc1cccc(C)c1-c1ccc2c(n1)oc1cc(-c3cc(C(C)(C)C4CCCC4)ccn3)ccc12. The van der Waals surface area contributed by atoms with Crippen molar-refractivity contribution in [1.82, 2.24) is 9.97 Å². The Hall–Kier alpha value is -3.46. The number of fused-ring (bicyclic) bond motifs is 3. The van der Waals surface area contributed by atoms with E-state index in [1.165, 1.54) is 47.9 Å². The molecule has 1 aliphatic rings. The molecule has 1 aliphatic carbocycles. The lowest BCUT2D eigenvalue weighted by molar-refractivity contribution is 0.325. The predicted molar refractivity (Wildman–Crippen MR) is 145 cm³/mol. The van der Waals surface area contributed by atoms with Crippen LogP contribution in [0.15, 0.2) is 71.3 Å². The highest BCUT2D eigenvalue weighted by Gasteiger charge is 2.33. The van der Waals surface area contributed by atoms with Gasteiger partial charge in [0.15, 0.2) is 0 Å². The predicted octanol–water partition coefficient (Wildman–Crippen LogP) is 8.79. The fourth-order valence-corrected chi connectivity index (χ4v) is 6.05. The molecule has 5 aromatic rings. The second-order valence-corrected chi connectivity index (χ2v) is 10.8. The van der Waals surface area contributed by atoms with E-state index in [1.807, 2.05) is 6.20 Å². The molecule has 0 N–H and O–H groups in total. The number of hydrogen-bond acceptors (Lipinski definition) is 3. The highest BCUT2D eigenvalue weighted by molar-refractivity contribution is 6.05. The maximum atomic E-state index is 6.30. The fourth-order valence-electron chi connectivity index (χ4n) is 6.05. The van der Waals surface area contributed by atoms with E-state index >= 15 is 0 Å². The van der Waals surface area contributed by atoms with Gasteiger partial charge in [0.25, 0.3) is 0 Å². The third-order valence-corrected chi connectivity index (χ3v) is 8.25. The van der Waals surface area contributed by atoms with Gasteiger partial charge in [0.1, 0.15) is 5.58 Å². The maximum Gasteiger partial charge on any atom is 0.227 e. The van der Waals surface area contributed by atoms with Crippen LogP contribution in [-0.4, -0.2) is 9.97 Å². The lowest BCUT2D eigenvalue weighted by atomic mass is 9.72. The summed E-state index contributed by atoms with van der Waals surface area (Å²) in [6.07, 6.45) is 7.32. The molecule has 0 saturated heterocycles. The largest absolute Gasteiger partial charge is 0.438 e. The van der Waals surface area contributed by atoms with Gasteiger partial charge >= 0.3 is 0 Å². The van der Waals surface area contributed by atoms with Crippen LogP contribution < -0.4 is 0 Å². The second kappa shape index (κ2) is 8.34. The van der Waals surface area contributed by atoms with Crippen LogP contribution in [0.4, 0.5) is 0 Å². The van der Waals surface area contributed by atoms with Crippen molar-refractivity contribution in [3.63, 3.8) is 0 Å². The molecule has 0 amide bonds. The first kappa shape index (κ1) is 22.0. The number of benzene rings is 2. The van der Waals surface area contributed by atoms with Crippen LogP contribution in [0.5, 0.6) is 0 Å². The van der Waals surface area contributed by atoms with Gasteiger partial charge in [0.05, 0.1) is 11.4 Å². The number of hydrogen-bond donors (Lipinski definition) is 0. The molecule has 0 unspecified atom stereocenters. The molecule has 3 nitrogen and oxygen atoms in total. The summed E-state index contributed by atoms with van der Waals surface area (Å²) in [5.74, 6) is 0.743. The van der Waals surface area contributed by atoms with Gasteiger partial charge in [-0.2, -0.15) is 0 Å². The van der Waals surface area contributed by atoms with Gasteiger partial charge in [0, 0.05) is 28.1 Å². The standard InChI is InChI=1S/C32H32N2O/c1-20-8-7-9-21(2)30(20)27-15-14-26-25-13-12-22(18-29(25)35-31(26)34-27)28-19-24(16-17-33-28)32(3,4)23-10-5-6-11-23/h7-9,12-19,23H,5-6,10-11H2,1-4H3. The first-order valence-electron chi connectivity index (χ1n) is 12.8. The third-order valence-electron chi connectivity index (χ3n) is 8.25. The van der Waals surface area contributed by atoms with Crippen molar-refractivity contribution < 1.29 is 4.42 Å². The van der Waals surface area contributed by atoms with E-state index in [0.717, 1.165) is 39.2 Å². The Morgan fingerprint density at radius 3 is 2.34 bits per heavy atom. The van der Waals surface area contributed by atoms with E-state index in [9.17, 15) is 0 Å². The van der Waals surface area contributed by atoms with Crippen molar-refractivity contribution in [3.8, 4) is 22.5 Å². The zero-order valence-corrected chi connectivity index (χ0v) is 21.1. The van der Waals surface area contributed by atoms with Crippen LogP contribution in [0.25, 0.3) is 44.6 Å². The van der Waals surface area contributed by atoms with Crippen molar-refractivity contribution in [2.75, 3.05) is 0 Å². The number of nitrogens with zero attached hydrogens (tertiary/aromatic N) is 2. The molecule has 3 heterocycles. The molecule has 0 aliphatic heterocycles. The van der Waals surface area contributed by atoms with Gasteiger partial charge in [0.2, 0.25) is 5.71 Å². The van der Waals surface area contributed by atoms with Crippen LogP contribution >= 0.6 is 0 Å². The van der Waals surface area contributed by atoms with Crippen molar-refractivity contribution >= 4 is 22.1 Å². The minimum atomic E-state index is 0.158. The summed E-state index contributed by atoms with van der Waals surface area (Å²) >= 11 is 0. The van der Waals surface area contributed by atoms with Gasteiger partial charge in [-0.25, -0.2) is 4.98 Å². The molecule has 176 valence electrons. The Labute approximate surface area is 207 Å². The quantitative estimate of drug-likeness (QED) is 0.269. The summed E-state index contributed by atoms with van der Waals surface area (Å²) in [5, 5.41) is 2.14. The molecular weight excluding hydrogens is 428 g/mol. The van der Waals surface area contributed by atoms with Crippen molar-refractivity contribution in [2.24, 2.45) is 5.92 Å². The average Bonchev–Trinajstić information content (AvgIpc) is 3.52. The number of pyridine rings is 2. The molecule has 2 aromatic carbocycles. The summed E-state index contributed by atoms with van der Waals surface area (Å²) < 4.78 is 6.30. The number of aryl methyl sites for hydroxylation is 2. The number of aromatic nitrogens is 2. The van der Waals surface area contributed by atoms with Crippen LogP contribution in [0, 0.1) is 19.8 Å². The van der Waals surface area contributed by atoms with E-state index in [0.29, 0.717) is 5.71 Å². The van der Waals surface area contributed by atoms with E-state index in [1.54, 1.807) is 0 Å². The number of rotatable bonds is 4. The zero-order chi connectivity index (χ0) is 24.2. The van der Waals surface area contributed by atoms with E-state index < -0.39 is 0 Å². The van der Waals surface area contributed by atoms with Gasteiger partial charge in [-0.05, 0) is 91.1 Å². The Kier molecular flexibility index (Phi) is 5.25. The van der Waals surface area contributed by atoms with E-state index in [4.69, 9.17) is 14.4 Å². The van der Waals surface area contributed by atoms with Crippen LogP contribution in [0.1, 0.15) is 56.2 Å². The lowest BCUT2D eigenvalue weighted by Crippen LogP contribution is -2.26. The maximum absolute atomic E-state index is 6.30. The fraction of sp³-hybridized carbons (Fsp3) is 0.312. The van der Waals surface area contributed by atoms with Crippen LogP contribution in [0.3, 0.4) is 0 Å². The molecule has 0 bridgehead atoms. The molecule has 1 saturated carbocycles. The van der Waals surface area contributed by atoms with Gasteiger partial charge in [-0.1, -0.05) is 51.0 Å². The topological polar surface area (TPSA) is 38.9 Å². The van der Waals surface area contributed by atoms with Crippen molar-refractivity contribution in [2.45, 2.75) is 58.8 Å². The minimum Gasteiger partial charge on any atom is -0.438 e. The minimum absolute atomic E-state index is 0.158. The summed E-state index contributed by atoms with van der Waals surface area (Å²) in [4.78, 5) is 9.64. The summed E-state index contributed by atoms with van der Waals surface area (Å²) in [6.45, 7) is 9.05. The molecular formula is C32H32N2O. The summed E-state index contributed by atoms with van der Waals surface area (Å²) in [7, 11) is 0. The molecule has 0 spiro atoms. The molecule has 0 radical (unpaired) electrons. The lowest BCUT2D eigenvalue weighted by Gasteiger charge is -2.32. The third kappa shape index (κ3) is 3.74. The Morgan fingerprint density at radius 1 is 0.829 bits per heavy atom. The second-order valence-electron chi connectivity index (χ2n) is 10.8. The van der Waals surface area contributed by atoms with Gasteiger partial charge in [-0.3, -0.25) is 4.98 Å². The van der Waals surface area contributed by atoms with Crippen LogP contribution in [-0.2, 0) is 5.41 Å². The first-order chi connectivity index (χ1) is 16.9. The van der Waals surface area contributed by atoms with E-state index in [2.05, 4.69) is 88.4 Å².